The second kappa shape index (κ2) is 11.5. The summed E-state index contributed by atoms with van der Waals surface area (Å²) in [5.41, 5.74) is 0.657. The highest BCUT2D eigenvalue weighted by Gasteiger charge is 2.68. The molecular formula is C38H34N2O5. The normalized spacial score (nSPS) is 22.7. The molecule has 5 aromatic rings. The maximum atomic E-state index is 14.4. The van der Waals surface area contributed by atoms with Crippen LogP contribution < -0.4 is 10.1 Å². The van der Waals surface area contributed by atoms with Crippen LogP contribution in [0.5, 0.6) is 5.75 Å². The summed E-state index contributed by atoms with van der Waals surface area (Å²) in [5.74, 6) is -3.25. The number of nitrogens with one attached hydrogen (secondary N) is 1. The van der Waals surface area contributed by atoms with Crippen molar-refractivity contribution in [3.05, 3.63) is 126 Å². The minimum Gasteiger partial charge on any atom is -0.494 e. The Morgan fingerprint density at radius 2 is 1.56 bits per heavy atom. The van der Waals surface area contributed by atoms with E-state index in [1.54, 1.807) is 0 Å². The predicted molar refractivity (Wildman–Crippen MR) is 173 cm³/mol. The Morgan fingerprint density at radius 1 is 0.844 bits per heavy atom. The van der Waals surface area contributed by atoms with Crippen molar-refractivity contribution in [1.29, 1.82) is 0 Å². The standard InChI is InChI=1S/C38H34N2O5/c1-2-20-45-30-18-16-27(17-19-30)34-32-33(36(42)40(35(32)41)23-29-12-7-11-26-9-5-6-13-31(26)29)38(39-34,37(43)44)22-24-14-15-25-8-3-4-10-28(25)21-24/h3-19,21,32-34,39H,2,20,22-23H2,1H3,(H,43,44). The number of benzene rings is 5. The molecule has 2 fully saturated rings. The number of carbonyl (C=O) groups excluding carboxylic acids is 2. The summed E-state index contributed by atoms with van der Waals surface area (Å²) in [5, 5.41) is 18.3. The summed E-state index contributed by atoms with van der Waals surface area (Å²) < 4.78 is 5.77. The van der Waals surface area contributed by atoms with E-state index in [4.69, 9.17) is 4.74 Å². The molecule has 0 bridgehead atoms. The van der Waals surface area contributed by atoms with Crippen molar-refractivity contribution < 1.29 is 24.2 Å². The molecule has 7 heteroatoms. The summed E-state index contributed by atoms with van der Waals surface area (Å²) >= 11 is 0. The Balaban J connectivity index is 1.31. The first-order valence-corrected chi connectivity index (χ1v) is 15.4. The molecule has 4 atom stereocenters. The zero-order valence-corrected chi connectivity index (χ0v) is 25.0. The van der Waals surface area contributed by atoms with Crippen LogP contribution in [0.4, 0.5) is 0 Å². The topological polar surface area (TPSA) is 95.9 Å². The van der Waals surface area contributed by atoms with Crippen molar-refractivity contribution in [1.82, 2.24) is 10.2 Å². The predicted octanol–water partition coefficient (Wildman–Crippen LogP) is 6.29. The van der Waals surface area contributed by atoms with E-state index in [-0.39, 0.29) is 18.9 Å². The number of aliphatic carboxylic acids is 1. The molecule has 2 saturated heterocycles. The van der Waals surface area contributed by atoms with Crippen LogP contribution >= 0.6 is 0 Å². The number of amides is 2. The Bertz CT molecular complexity index is 1930. The van der Waals surface area contributed by atoms with Crippen LogP contribution in [-0.4, -0.2) is 39.9 Å². The molecular weight excluding hydrogens is 564 g/mol. The summed E-state index contributed by atoms with van der Waals surface area (Å²) in [6.07, 6.45) is 0.915. The lowest BCUT2D eigenvalue weighted by atomic mass is 9.76. The molecule has 5 aromatic carbocycles. The maximum absolute atomic E-state index is 14.4. The minimum atomic E-state index is -1.70. The van der Waals surface area contributed by atoms with Crippen molar-refractivity contribution in [2.45, 2.75) is 37.9 Å². The molecule has 2 aliphatic heterocycles. The third kappa shape index (κ3) is 4.93. The highest BCUT2D eigenvalue weighted by Crippen LogP contribution is 2.50. The number of nitrogens with zero attached hydrogens (tertiary/aromatic N) is 1. The van der Waals surface area contributed by atoms with Gasteiger partial charge in [0.15, 0.2) is 0 Å². The van der Waals surface area contributed by atoms with Gasteiger partial charge in [0.2, 0.25) is 11.8 Å². The molecule has 0 spiro atoms. The van der Waals surface area contributed by atoms with Gasteiger partial charge in [-0.2, -0.15) is 0 Å². The van der Waals surface area contributed by atoms with Crippen LogP contribution in [-0.2, 0) is 27.3 Å². The molecule has 7 rings (SSSR count). The zero-order chi connectivity index (χ0) is 31.1. The van der Waals surface area contributed by atoms with Gasteiger partial charge in [-0.3, -0.25) is 24.6 Å². The summed E-state index contributed by atoms with van der Waals surface area (Å²) in [6, 6.07) is 34.1. The van der Waals surface area contributed by atoms with E-state index in [0.717, 1.165) is 44.7 Å². The highest BCUT2D eigenvalue weighted by atomic mass is 16.5. The van der Waals surface area contributed by atoms with Gasteiger partial charge in [-0.15, -0.1) is 0 Å². The first-order valence-electron chi connectivity index (χ1n) is 15.4. The van der Waals surface area contributed by atoms with Crippen molar-refractivity contribution in [2.75, 3.05) is 6.61 Å². The highest BCUT2D eigenvalue weighted by molar-refractivity contribution is 6.09. The van der Waals surface area contributed by atoms with Gasteiger partial charge in [-0.05, 0) is 56.8 Å². The molecule has 2 heterocycles. The van der Waals surface area contributed by atoms with E-state index in [0.29, 0.717) is 12.4 Å². The number of imide groups is 1. The van der Waals surface area contributed by atoms with E-state index in [2.05, 4.69) is 5.32 Å². The molecule has 0 aliphatic carbocycles. The minimum absolute atomic E-state index is 0.0453. The maximum Gasteiger partial charge on any atom is 0.325 e. The van der Waals surface area contributed by atoms with Crippen LogP contribution in [0.3, 0.4) is 0 Å². The van der Waals surface area contributed by atoms with Gasteiger partial charge in [0.05, 0.1) is 25.0 Å². The average molecular weight is 599 g/mol. The smallest absolute Gasteiger partial charge is 0.325 e. The molecule has 0 aromatic heterocycles. The van der Waals surface area contributed by atoms with Gasteiger partial charge in [0.25, 0.3) is 0 Å². The molecule has 7 nitrogen and oxygen atoms in total. The van der Waals surface area contributed by atoms with Crippen LogP contribution in [0.2, 0.25) is 0 Å². The van der Waals surface area contributed by atoms with Crippen molar-refractivity contribution in [3.63, 3.8) is 0 Å². The van der Waals surface area contributed by atoms with Crippen LogP contribution in [0.15, 0.2) is 109 Å². The van der Waals surface area contributed by atoms with Crippen LogP contribution in [0.1, 0.15) is 36.1 Å². The lowest BCUT2D eigenvalue weighted by Crippen LogP contribution is -2.57. The number of carboxylic acid groups (broad SMARTS) is 1. The quantitative estimate of drug-likeness (QED) is 0.194. The second-order valence-corrected chi connectivity index (χ2v) is 12.1. The van der Waals surface area contributed by atoms with Gasteiger partial charge in [0, 0.05) is 12.5 Å². The molecule has 0 saturated carbocycles. The van der Waals surface area contributed by atoms with Gasteiger partial charge in [-0.25, -0.2) is 0 Å². The van der Waals surface area contributed by atoms with Gasteiger partial charge in [-0.1, -0.05) is 104 Å². The number of ether oxygens (including phenoxy) is 1. The van der Waals surface area contributed by atoms with Gasteiger partial charge >= 0.3 is 5.97 Å². The second-order valence-electron chi connectivity index (χ2n) is 12.1. The van der Waals surface area contributed by atoms with Gasteiger partial charge in [0.1, 0.15) is 11.3 Å². The Kier molecular flexibility index (Phi) is 7.34. The molecule has 2 N–H and O–H groups in total. The number of carbonyl (C=O) groups is 3. The number of rotatable bonds is 9. The average Bonchev–Trinajstić information content (AvgIpc) is 3.53. The fraction of sp³-hybridized carbons (Fsp3) is 0.237. The number of hydrogen-bond acceptors (Lipinski definition) is 5. The van der Waals surface area contributed by atoms with Crippen molar-refractivity contribution in [3.8, 4) is 5.75 Å². The van der Waals surface area contributed by atoms with E-state index in [1.165, 1.54) is 4.90 Å². The van der Waals surface area contributed by atoms with E-state index >= 15 is 0 Å². The lowest BCUT2D eigenvalue weighted by Gasteiger charge is -2.31. The fourth-order valence-corrected chi connectivity index (χ4v) is 7.20. The fourth-order valence-electron chi connectivity index (χ4n) is 7.20. The Labute approximate surface area is 261 Å². The molecule has 0 radical (unpaired) electrons. The third-order valence-electron chi connectivity index (χ3n) is 9.34. The lowest BCUT2D eigenvalue weighted by molar-refractivity contribution is -0.151. The Hall–Kier alpha value is -5.01. The van der Waals surface area contributed by atoms with Crippen molar-refractivity contribution >= 4 is 39.3 Å². The van der Waals surface area contributed by atoms with Crippen LogP contribution in [0.25, 0.3) is 21.5 Å². The van der Waals surface area contributed by atoms with E-state index in [9.17, 15) is 19.5 Å². The molecule has 45 heavy (non-hydrogen) atoms. The third-order valence-corrected chi connectivity index (χ3v) is 9.34. The summed E-state index contributed by atoms with van der Waals surface area (Å²) in [4.78, 5) is 43.4. The van der Waals surface area contributed by atoms with Crippen molar-refractivity contribution in [2.24, 2.45) is 11.8 Å². The summed E-state index contributed by atoms with van der Waals surface area (Å²) in [6.45, 7) is 2.69. The Morgan fingerprint density at radius 3 is 2.31 bits per heavy atom. The monoisotopic (exact) mass is 598 g/mol. The summed E-state index contributed by atoms with van der Waals surface area (Å²) in [7, 11) is 0. The van der Waals surface area contributed by atoms with Crippen LogP contribution in [0, 0.1) is 11.8 Å². The SMILES string of the molecule is CCCOc1ccc(C2NC(Cc3ccc4ccccc4c3)(C(=O)O)C3C(=O)N(Cc4cccc5ccccc45)C(=O)C23)cc1. The van der Waals surface area contributed by atoms with Gasteiger partial charge < -0.3 is 9.84 Å². The molecule has 2 amide bonds. The number of fused-ring (bicyclic) bond motifs is 3. The first-order chi connectivity index (χ1) is 21.9. The van der Waals surface area contributed by atoms with E-state index in [1.807, 2.05) is 116 Å². The molecule has 4 unspecified atom stereocenters. The zero-order valence-electron chi connectivity index (χ0n) is 25.0. The molecule has 226 valence electrons. The van der Waals surface area contributed by atoms with E-state index < -0.39 is 35.3 Å². The molecule has 2 aliphatic rings. The largest absolute Gasteiger partial charge is 0.494 e. The first kappa shape index (κ1) is 28.7. The number of carboxylic acids is 1. The number of likely N-dealkylation sites (tertiary alicyclic amines) is 1. The number of hydrogen-bond donors (Lipinski definition) is 2.